The molecule has 1 aliphatic rings. The number of hydrogen-bond acceptors (Lipinski definition) is 2. The molecule has 0 saturated carbocycles. The van der Waals surface area contributed by atoms with Crippen LogP contribution in [0.1, 0.15) is 39.5 Å². The minimum atomic E-state index is -1.31. The van der Waals surface area contributed by atoms with Crippen LogP contribution in [0.2, 0.25) is 0 Å². The monoisotopic (exact) mass is 324 g/mol. The topological polar surface area (TPSA) is 49.4 Å². The number of amides is 2. The molecule has 23 heavy (non-hydrogen) atoms. The first-order chi connectivity index (χ1) is 10.8. The molecular weight excluding hydrogens is 302 g/mol. The summed E-state index contributed by atoms with van der Waals surface area (Å²) >= 11 is 0. The van der Waals surface area contributed by atoms with Gasteiger partial charge >= 0.3 is 0 Å². The highest BCUT2D eigenvalue weighted by Crippen LogP contribution is 2.25. The van der Waals surface area contributed by atoms with E-state index in [1.807, 2.05) is 0 Å². The molecule has 0 bridgehead atoms. The zero-order valence-electron chi connectivity index (χ0n) is 13.5. The summed E-state index contributed by atoms with van der Waals surface area (Å²) < 4.78 is 26.6. The normalized spacial score (nSPS) is 15.9. The number of benzene rings is 1. The van der Waals surface area contributed by atoms with Crippen LogP contribution in [0.4, 0.5) is 14.5 Å². The molecule has 1 aromatic rings. The third-order valence-electron chi connectivity index (χ3n) is 4.17. The molecule has 1 fully saturated rings. The number of halogens is 2. The molecule has 2 rings (SSSR count). The van der Waals surface area contributed by atoms with Crippen LogP contribution in [0.25, 0.3) is 0 Å². The molecule has 1 aliphatic heterocycles. The highest BCUT2D eigenvalue weighted by atomic mass is 19.1. The standard InChI is InChI=1S/C17H22F2N2O2/c1-17(2,16(23)21-9-5-3-4-6-10-21)15(22)20-14-8-7-12(18)11-13(14)19/h7-8,11H,3-6,9-10H2,1-2H3,(H,20,22). The summed E-state index contributed by atoms with van der Waals surface area (Å²) in [5, 5.41) is 2.39. The maximum absolute atomic E-state index is 13.7. The molecule has 0 aromatic heterocycles. The molecule has 1 heterocycles. The summed E-state index contributed by atoms with van der Waals surface area (Å²) in [6.45, 7) is 4.33. The van der Waals surface area contributed by atoms with Gasteiger partial charge in [-0.1, -0.05) is 12.8 Å². The van der Waals surface area contributed by atoms with Crippen molar-refractivity contribution in [3.8, 4) is 0 Å². The van der Waals surface area contributed by atoms with Gasteiger partial charge in [0.2, 0.25) is 11.8 Å². The maximum Gasteiger partial charge on any atom is 0.239 e. The Bertz CT molecular complexity index is 594. The molecule has 1 saturated heterocycles. The molecule has 4 nitrogen and oxygen atoms in total. The van der Waals surface area contributed by atoms with Crippen molar-refractivity contribution in [3.63, 3.8) is 0 Å². The Kier molecular flexibility index (Phi) is 5.34. The molecule has 6 heteroatoms. The predicted molar refractivity (Wildman–Crippen MR) is 83.8 cm³/mol. The Morgan fingerprint density at radius 3 is 2.26 bits per heavy atom. The second kappa shape index (κ2) is 7.06. The lowest BCUT2D eigenvalue weighted by molar-refractivity contribution is -0.146. The molecule has 126 valence electrons. The molecular formula is C17H22F2N2O2. The number of nitrogens with one attached hydrogen (secondary N) is 1. The summed E-state index contributed by atoms with van der Waals surface area (Å²) in [4.78, 5) is 26.8. The van der Waals surface area contributed by atoms with Gasteiger partial charge in [0, 0.05) is 19.2 Å². The van der Waals surface area contributed by atoms with Crippen LogP contribution in [0.3, 0.4) is 0 Å². The van der Waals surface area contributed by atoms with Crippen molar-refractivity contribution in [2.24, 2.45) is 5.41 Å². The lowest BCUT2D eigenvalue weighted by Crippen LogP contribution is -2.47. The second-order valence-electron chi connectivity index (χ2n) is 6.41. The van der Waals surface area contributed by atoms with Crippen LogP contribution in [0, 0.1) is 17.0 Å². The van der Waals surface area contributed by atoms with Gasteiger partial charge in [-0.25, -0.2) is 8.78 Å². The average Bonchev–Trinajstić information content (AvgIpc) is 2.78. The third-order valence-corrected chi connectivity index (χ3v) is 4.17. The van der Waals surface area contributed by atoms with E-state index in [0.29, 0.717) is 19.2 Å². The van der Waals surface area contributed by atoms with E-state index in [0.717, 1.165) is 37.8 Å². The Labute approximate surface area is 134 Å². The number of anilines is 1. The highest BCUT2D eigenvalue weighted by Gasteiger charge is 2.39. The average molecular weight is 324 g/mol. The van der Waals surface area contributed by atoms with Gasteiger partial charge in [-0.15, -0.1) is 0 Å². The van der Waals surface area contributed by atoms with Gasteiger partial charge in [0.05, 0.1) is 5.69 Å². The second-order valence-corrected chi connectivity index (χ2v) is 6.41. The fourth-order valence-electron chi connectivity index (χ4n) is 2.64. The first-order valence-electron chi connectivity index (χ1n) is 7.88. The summed E-state index contributed by atoms with van der Waals surface area (Å²) in [7, 11) is 0. The van der Waals surface area contributed by atoms with Crippen LogP contribution >= 0.6 is 0 Å². The first-order valence-corrected chi connectivity index (χ1v) is 7.88. The van der Waals surface area contributed by atoms with Gasteiger partial charge < -0.3 is 10.2 Å². The van der Waals surface area contributed by atoms with Crippen molar-refractivity contribution in [3.05, 3.63) is 29.8 Å². The van der Waals surface area contributed by atoms with E-state index in [2.05, 4.69) is 5.32 Å². The van der Waals surface area contributed by atoms with Gasteiger partial charge in [-0.2, -0.15) is 0 Å². The molecule has 1 aromatic carbocycles. The Morgan fingerprint density at radius 2 is 1.70 bits per heavy atom. The lowest BCUT2D eigenvalue weighted by Gasteiger charge is -2.30. The number of carbonyl (C=O) groups is 2. The fourth-order valence-corrected chi connectivity index (χ4v) is 2.64. The van der Waals surface area contributed by atoms with E-state index in [4.69, 9.17) is 0 Å². The first kappa shape index (κ1) is 17.4. The number of nitrogens with zero attached hydrogens (tertiary/aromatic N) is 1. The summed E-state index contributed by atoms with van der Waals surface area (Å²) in [6.07, 6.45) is 4.01. The SMILES string of the molecule is CC(C)(C(=O)Nc1ccc(F)cc1F)C(=O)N1CCCCCC1. The van der Waals surface area contributed by atoms with Crippen molar-refractivity contribution in [1.82, 2.24) is 4.90 Å². The van der Waals surface area contributed by atoms with Gasteiger partial charge in [-0.3, -0.25) is 9.59 Å². The van der Waals surface area contributed by atoms with E-state index in [1.54, 1.807) is 4.90 Å². The summed E-state index contributed by atoms with van der Waals surface area (Å²) in [5.74, 6) is -2.45. The number of hydrogen-bond donors (Lipinski definition) is 1. The van der Waals surface area contributed by atoms with Crippen LogP contribution in [0.15, 0.2) is 18.2 Å². The minimum Gasteiger partial charge on any atom is -0.342 e. The highest BCUT2D eigenvalue weighted by molar-refractivity contribution is 6.09. The zero-order valence-corrected chi connectivity index (χ0v) is 13.5. The van der Waals surface area contributed by atoms with Crippen molar-refractivity contribution >= 4 is 17.5 Å². The molecule has 0 unspecified atom stereocenters. The predicted octanol–water partition coefficient (Wildman–Crippen LogP) is 3.33. The van der Waals surface area contributed by atoms with Gasteiger partial charge in [0.1, 0.15) is 17.0 Å². The smallest absolute Gasteiger partial charge is 0.239 e. The Hall–Kier alpha value is -1.98. The van der Waals surface area contributed by atoms with E-state index in [1.165, 1.54) is 13.8 Å². The van der Waals surface area contributed by atoms with E-state index in [9.17, 15) is 18.4 Å². The number of likely N-dealkylation sites (tertiary alicyclic amines) is 1. The van der Waals surface area contributed by atoms with Crippen LogP contribution < -0.4 is 5.32 Å². The van der Waals surface area contributed by atoms with Crippen LogP contribution in [-0.2, 0) is 9.59 Å². The number of carbonyl (C=O) groups excluding carboxylic acids is 2. The molecule has 0 radical (unpaired) electrons. The summed E-state index contributed by atoms with van der Waals surface area (Å²) in [6, 6.07) is 2.90. The molecule has 0 spiro atoms. The molecule has 0 atom stereocenters. The zero-order chi connectivity index (χ0) is 17.0. The van der Waals surface area contributed by atoms with Gasteiger partial charge in [-0.05, 0) is 38.8 Å². The van der Waals surface area contributed by atoms with E-state index >= 15 is 0 Å². The number of rotatable bonds is 3. The fraction of sp³-hybridized carbons (Fsp3) is 0.529. The third kappa shape index (κ3) is 4.06. The lowest BCUT2D eigenvalue weighted by atomic mass is 9.90. The quantitative estimate of drug-likeness (QED) is 0.867. The van der Waals surface area contributed by atoms with Gasteiger partial charge in [0.25, 0.3) is 0 Å². The van der Waals surface area contributed by atoms with Crippen molar-refractivity contribution in [1.29, 1.82) is 0 Å². The largest absolute Gasteiger partial charge is 0.342 e. The summed E-state index contributed by atoms with van der Waals surface area (Å²) in [5.41, 5.74) is -1.45. The van der Waals surface area contributed by atoms with Crippen LogP contribution in [0.5, 0.6) is 0 Å². The Morgan fingerprint density at radius 1 is 1.09 bits per heavy atom. The van der Waals surface area contributed by atoms with Crippen molar-refractivity contribution in [2.75, 3.05) is 18.4 Å². The molecule has 0 aliphatic carbocycles. The minimum absolute atomic E-state index is 0.131. The molecule has 1 N–H and O–H groups in total. The van der Waals surface area contributed by atoms with E-state index < -0.39 is 23.0 Å². The van der Waals surface area contributed by atoms with Crippen molar-refractivity contribution in [2.45, 2.75) is 39.5 Å². The van der Waals surface area contributed by atoms with Crippen molar-refractivity contribution < 1.29 is 18.4 Å². The van der Waals surface area contributed by atoms with Crippen LogP contribution in [-0.4, -0.2) is 29.8 Å². The van der Waals surface area contributed by atoms with E-state index in [-0.39, 0.29) is 11.6 Å². The Balaban J connectivity index is 2.10. The van der Waals surface area contributed by atoms with Gasteiger partial charge in [0.15, 0.2) is 0 Å². The maximum atomic E-state index is 13.7. The molecule has 2 amide bonds.